The second kappa shape index (κ2) is 4.48. The first-order valence-corrected chi connectivity index (χ1v) is 4.56. The fraction of sp³-hybridized carbons (Fsp3) is 0.125. The molecule has 70 valence electrons. The van der Waals surface area contributed by atoms with Crippen LogP contribution in [0.5, 0.6) is 5.75 Å². The van der Waals surface area contributed by atoms with Crippen LogP contribution in [0.25, 0.3) is 0 Å². The predicted molar refractivity (Wildman–Crippen MR) is 55.1 cm³/mol. The third-order valence-corrected chi connectivity index (χ3v) is 2.25. The highest BCUT2D eigenvalue weighted by atomic mass is 79.9. The van der Waals surface area contributed by atoms with Crippen molar-refractivity contribution in [1.82, 2.24) is 0 Å². The Balaban J connectivity index is 3.29. The maximum absolute atomic E-state index is 8.38. The van der Waals surface area contributed by atoms with Crippen LogP contribution in [-0.4, -0.2) is 18.5 Å². The van der Waals surface area contributed by atoms with Gasteiger partial charge in [0.25, 0.3) is 0 Å². The molecule has 0 aliphatic heterocycles. The third kappa shape index (κ3) is 2.35. The molecular formula is C8H7BrClNO2. The fourth-order valence-electron chi connectivity index (χ4n) is 0.954. The van der Waals surface area contributed by atoms with Crippen LogP contribution in [-0.2, 0) is 0 Å². The van der Waals surface area contributed by atoms with Crippen molar-refractivity contribution in [1.29, 1.82) is 0 Å². The van der Waals surface area contributed by atoms with E-state index in [1.807, 2.05) is 0 Å². The minimum absolute atomic E-state index is 0.544. The maximum Gasteiger partial charge on any atom is 0.142 e. The molecule has 13 heavy (non-hydrogen) atoms. The largest absolute Gasteiger partial charge is 0.495 e. The Bertz CT molecular complexity index is 341. The molecule has 0 saturated carbocycles. The lowest BCUT2D eigenvalue weighted by Gasteiger charge is -2.06. The van der Waals surface area contributed by atoms with Crippen molar-refractivity contribution < 1.29 is 9.94 Å². The molecule has 0 amide bonds. The van der Waals surface area contributed by atoms with Crippen molar-refractivity contribution in [2.24, 2.45) is 5.16 Å². The molecule has 0 atom stereocenters. The summed E-state index contributed by atoms with van der Waals surface area (Å²) in [5, 5.41) is 11.8. The standard InChI is InChI=1S/C8H7BrClNO2/c1-13-8-5(4-11-12)2-6(10)3-7(8)9/h2-4,12H,1H3/b11-4+. The SMILES string of the molecule is COc1c(Br)cc(Cl)cc1/C=N/O. The fourth-order valence-corrected chi connectivity index (χ4v) is 1.95. The zero-order valence-electron chi connectivity index (χ0n) is 6.79. The summed E-state index contributed by atoms with van der Waals surface area (Å²) in [6.07, 6.45) is 1.26. The third-order valence-electron chi connectivity index (χ3n) is 1.44. The van der Waals surface area contributed by atoms with Gasteiger partial charge in [-0.15, -0.1) is 0 Å². The van der Waals surface area contributed by atoms with Gasteiger partial charge >= 0.3 is 0 Å². The van der Waals surface area contributed by atoms with Crippen molar-refractivity contribution in [3.8, 4) is 5.75 Å². The van der Waals surface area contributed by atoms with Crippen LogP contribution in [0.3, 0.4) is 0 Å². The molecule has 0 heterocycles. The molecule has 1 aromatic carbocycles. The number of nitrogens with zero attached hydrogens (tertiary/aromatic N) is 1. The summed E-state index contributed by atoms with van der Waals surface area (Å²) < 4.78 is 5.80. The summed E-state index contributed by atoms with van der Waals surface area (Å²) in [6, 6.07) is 3.35. The Hall–Kier alpha value is -0.740. The van der Waals surface area contributed by atoms with Crippen molar-refractivity contribution in [2.45, 2.75) is 0 Å². The molecule has 0 radical (unpaired) electrons. The molecule has 0 fully saturated rings. The van der Waals surface area contributed by atoms with Crippen molar-refractivity contribution >= 4 is 33.7 Å². The van der Waals surface area contributed by atoms with Crippen LogP contribution in [0, 0.1) is 0 Å². The first kappa shape index (κ1) is 10.3. The summed E-state index contributed by atoms with van der Waals surface area (Å²) in [5.41, 5.74) is 0.615. The number of hydrogen-bond acceptors (Lipinski definition) is 3. The maximum atomic E-state index is 8.38. The monoisotopic (exact) mass is 263 g/mol. The van der Waals surface area contributed by atoms with Crippen LogP contribution in [0.4, 0.5) is 0 Å². The highest BCUT2D eigenvalue weighted by Crippen LogP contribution is 2.31. The Labute approximate surface area is 89.1 Å². The zero-order chi connectivity index (χ0) is 9.84. The molecule has 0 unspecified atom stereocenters. The lowest BCUT2D eigenvalue weighted by atomic mass is 10.2. The van der Waals surface area contributed by atoms with Gasteiger partial charge in [0.2, 0.25) is 0 Å². The van der Waals surface area contributed by atoms with E-state index in [9.17, 15) is 0 Å². The van der Waals surface area contributed by atoms with Gasteiger partial charge < -0.3 is 9.94 Å². The van der Waals surface area contributed by atoms with Crippen molar-refractivity contribution in [3.63, 3.8) is 0 Å². The highest BCUT2D eigenvalue weighted by Gasteiger charge is 2.07. The first-order valence-electron chi connectivity index (χ1n) is 3.39. The second-order valence-electron chi connectivity index (χ2n) is 2.25. The lowest BCUT2D eigenvalue weighted by Crippen LogP contribution is -1.92. The van der Waals surface area contributed by atoms with Gasteiger partial charge in [-0.05, 0) is 28.1 Å². The molecule has 0 aliphatic rings. The smallest absolute Gasteiger partial charge is 0.142 e. The Morgan fingerprint density at radius 3 is 2.85 bits per heavy atom. The van der Waals surface area contributed by atoms with Gasteiger partial charge in [0.1, 0.15) is 5.75 Å². The normalized spacial score (nSPS) is 10.7. The number of rotatable bonds is 2. The van der Waals surface area contributed by atoms with Crippen LogP contribution in [0.2, 0.25) is 5.02 Å². The number of ether oxygens (including phenoxy) is 1. The number of oxime groups is 1. The summed E-state index contributed by atoms with van der Waals surface area (Å²) in [7, 11) is 1.53. The summed E-state index contributed by atoms with van der Waals surface area (Å²) in [6.45, 7) is 0. The molecular weight excluding hydrogens is 257 g/mol. The Morgan fingerprint density at radius 2 is 2.31 bits per heavy atom. The molecule has 0 aliphatic carbocycles. The second-order valence-corrected chi connectivity index (χ2v) is 3.55. The van der Waals surface area contributed by atoms with Crippen LogP contribution in [0.1, 0.15) is 5.56 Å². The van der Waals surface area contributed by atoms with Gasteiger partial charge in [-0.1, -0.05) is 16.8 Å². The summed E-state index contributed by atoms with van der Waals surface area (Å²) in [5.74, 6) is 0.585. The minimum Gasteiger partial charge on any atom is -0.495 e. The number of halogens is 2. The van der Waals surface area contributed by atoms with E-state index < -0.39 is 0 Å². The van der Waals surface area contributed by atoms with Crippen molar-refractivity contribution in [3.05, 3.63) is 27.2 Å². The van der Waals surface area contributed by atoms with E-state index >= 15 is 0 Å². The lowest BCUT2D eigenvalue weighted by molar-refractivity contribution is 0.321. The van der Waals surface area contributed by atoms with Crippen LogP contribution in [0.15, 0.2) is 21.8 Å². The molecule has 1 aromatic rings. The number of benzene rings is 1. The summed E-state index contributed by atoms with van der Waals surface area (Å²) in [4.78, 5) is 0. The number of methoxy groups -OCH3 is 1. The molecule has 5 heteroatoms. The first-order chi connectivity index (χ1) is 6.19. The van der Waals surface area contributed by atoms with E-state index in [1.54, 1.807) is 12.1 Å². The predicted octanol–water partition coefficient (Wildman–Crippen LogP) is 2.92. The quantitative estimate of drug-likeness (QED) is 0.507. The molecule has 0 aromatic heterocycles. The van der Waals surface area contributed by atoms with E-state index in [-0.39, 0.29) is 0 Å². The molecule has 1 N–H and O–H groups in total. The zero-order valence-corrected chi connectivity index (χ0v) is 9.13. The molecule has 0 spiro atoms. The van der Waals surface area contributed by atoms with E-state index in [1.165, 1.54) is 13.3 Å². The van der Waals surface area contributed by atoms with Gasteiger partial charge in [-0.25, -0.2) is 0 Å². The minimum atomic E-state index is 0.544. The molecule has 0 bridgehead atoms. The van der Waals surface area contributed by atoms with Crippen LogP contribution >= 0.6 is 27.5 Å². The molecule has 3 nitrogen and oxygen atoms in total. The van der Waals surface area contributed by atoms with E-state index in [0.717, 1.165) is 4.47 Å². The molecule has 1 rings (SSSR count). The van der Waals surface area contributed by atoms with Crippen LogP contribution < -0.4 is 4.74 Å². The number of hydrogen-bond donors (Lipinski definition) is 1. The van der Waals surface area contributed by atoms with Gasteiger partial charge in [0, 0.05) is 10.6 Å². The van der Waals surface area contributed by atoms with E-state index in [0.29, 0.717) is 16.3 Å². The van der Waals surface area contributed by atoms with Gasteiger partial charge in [0.15, 0.2) is 0 Å². The Morgan fingerprint density at radius 1 is 1.62 bits per heavy atom. The van der Waals surface area contributed by atoms with E-state index in [2.05, 4.69) is 21.1 Å². The van der Waals surface area contributed by atoms with Gasteiger partial charge in [-0.3, -0.25) is 0 Å². The van der Waals surface area contributed by atoms with E-state index in [4.69, 9.17) is 21.5 Å². The Kier molecular flexibility index (Phi) is 3.57. The van der Waals surface area contributed by atoms with Gasteiger partial charge in [0.05, 0.1) is 17.8 Å². The molecule has 0 saturated heterocycles. The van der Waals surface area contributed by atoms with Gasteiger partial charge in [-0.2, -0.15) is 0 Å². The topological polar surface area (TPSA) is 41.8 Å². The summed E-state index contributed by atoms with van der Waals surface area (Å²) >= 11 is 9.06. The highest BCUT2D eigenvalue weighted by molar-refractivity contribution is 9.10. The average Bonchev–Trinajstić information content (AvgIpc) is 2.04. The van der Waals surface area contributed by atoms with Crippen molar-refractivity contribution in [2.75, 3.05) is 7.11 Å². The average molecular weight is 265 g/mol.